The van der Waals surface area contributed by atoms with Crippen molar-refractivity contribution in [3.05, 3.63) is 89.6 Å². The second-order valence-corrected chi connectivity index (χ2v) is 10.1. The third-order valence-electron chi connectivity index (χ3n) is 7.39. The minimum absolute atomic E-state index is 0.181. The molecule has 1 saturated heterocycles. The van der Waals surface area contributed by atoms with Gasteiger partial charge in [0.25, 0.3) is 0 Å². The second kappa shape index (κ2) is 11.0. The number of nitrogen functional groups attached to an aromatic ring is 1. The molecule has 0 aliphatic carbocycles. The number of halogens is 3. The number of piperidine rings is 1. The molecule has 0 radical (unpaired) electrons. The van der Waals surface area contributed by atoms with Crippen LogP contribution < -0.4 is 10.5 Å². The summed E-state index contributed by atoms with van der Waals surface area (Å²) in [5.41, 5.74) is 9.60. The van der Waals surface area contributed by atoms with E-state index in [1.807, 2.05) is 30.3 Å². The van der Waals surface area contributed by atoms with Gasteiger partial charge in [-0.15, -0.1) is 0 Å². The Balaban J connectivity index is 1.28. The van der Waals surface area contributed by atoms with Crippen LogP contribution in [0.4, 0.5) is 18.9 Å². The van der Waals surface area contributed by atoms with Gasteiger partial charge in [0, 0.05) is 23.2 Å². The molecule has 3 aromatic carbocycles. The van der Waals surface area contributed by atoms with Gasteiger partial charge in [-0.1, -0.05) is 48.5 Å². The van der Waals surface area contributed by atoms with E-state index in [1.165, 1.54) is 5.56 Å². The van der Waals surface area contributed by atoms with Gasteiger partial charge in [-0.3, -0.25) is 9.88 Å². The number of anilines is 1. The molecule has 0 bridgehead atoms. The second-order valence-electron chi connectivity index (χ2n) is 10.1. The number of hydrogen-bond donors (Lipinski definition) is 1. The van der Waals surface area contributed by atoms with Crippen LogP contribution in [0.5, 0.6) is 5.75 Å². The molecule has 5 rings (SSSR count). The van der Waals surface area contributed by atoms with E-state index < -0.39 is 11.7 Å². The normalized spacial score (nSPS) is 15.2. The number of ether oxygens (including phenoxy) is 1. The topological polar surface area (TPSA) is 51.4 Å². The van der Waals surface area contributed by atoms with Crippen molar-refractivity contribution in [3.8, 4) is 16.9 Å². The summed E-state index contributed by atoms with van der Waals surface area (Å²) in [6.45, 7) is 4.68. The lowest BCUT2D eigenvalue weighted by Crippen LogP contribution is -2.37. The molecular formula is C31H32F3N3O. The van der Waals surface area contributed by atoms with Gasteiger partial charge in [-0.05, 0) is 80.6 Å². The number of aryl methyl sites for hydroxylation is 1. The molecule has 2 heterocycles. The molecule has 4 nitrogen and oxygen atoms in total. The Morgan fingerprint density at radius 1 is 0.974 bits per heavy atom. The summed E-state index contributed by atoms with van der Waals surface area (Å²) in [6.07, 6.45) is -1.21. The summed E-state index contributed by atoms with van der Waals surface area (Å²) < 4.78 is 47.3. The quantitative estimate of drug-likeness (QED) is 0.282. The Hall–Kier alpha value is -3.58. The van der Waals surface area contributed by atoms with Gasteiger partial charge >= 0.3 is 6.18 Å². The van der Waals surface area contributed by atoms with E-state index >= 15 is 0 Å². The number of alkyl halides is 3. The minimum atomic E-state index is -4.51. The number of hydrogen-bond acceptors (Lipinski definition) is 4. The lowest BCUT2D eigenvalue weighted by atomic mass is 9.90. The molecule has 38 heavy (non-hydrogen) atoms. The predicted molar refractivity (Wildman–Crippen MR) is 146 cm³/mol. The van der Waals surface area contributed by atoms with Crippen LogP contribution in [0, 0.1) is 12.8 Å². The van der Waals surface area contributed by atoms with Gasteiger partial charge in [0.15, 0.2) is 0 Å². The molecule has 0 atom stereocenters. The van der Waals surface area contributed by atoms with Crippen molar-refractivity contribution in [2.24, 2.45) is 5.92 Å². The Morgan fingerprint density at radius 3 is 2.42 bits per heavy atom. The van der Waals surface area contributed by atoms with Crippen LogP contribution in [-0.2, 0) is 12.6 Å². The van der Waals surface area contributed by atoms with Crippen LogP contribution in [0.15, 0.2) is 72.8 Å². The van der Waals surface area contributed by atoms with E-state index in [0.29, 0.717) is 52.5 Å². The van der Waals surface area contributed by atoms with Crippen LogP contribution in [0.3, 0.4) is 0 Å². The number of rotatable bonds is 7. The minimum Gasteiger partial charge on any atom is -0.492 e. The molecule has 1 aromatic heterocycles. The van der Waals surface area contributed by atoms with Gasteiger partial charge in [0.05, 0.1) is 16.8 Å². The zero-order valence-electron chi connectivity index (χ0n) is 21.5. The standard InChI is InChI=1S/C31H32F3N3O/c1-21-29(30(35)27-9-5-6-10-28(27)36-21)24-18-25(31(32,33)34)20-26(19-24)38-16-15-37-13-11-23(12-14-37)17-22-7-3-2-4-8-22/h2-10,18-20,23H,11-17H2,1H3,(H2,35,36). The van der Waals surface area contributed by atoms with Crippen LogP contribution in [0.2, 0.25) is 0 Å². The molecule has 4 aromatic rings. The largest absolute Gasteiger partial charge is 0.492 e. The number of benzene rings is 3. The van der Waals surface area contributed by atoms with Crippen molar-refractivity contribution in [2.45, 2.75) is 32.4 Å². The van der Waals surface area contributed by atoms with E-state index in [0.717, 1.165) is 44.5 Å². The number of likely N-dealkylation sites (tertiary alicyclic amines) is 1. The SMILES string of the molecule is Cc1nc2ccccc2c(N)c1-c1cc(OCCN2CCC(Cc3ccccc3)CC2)cc(C(F)(F)F)c1. The molecule has 0 amide bonds. The maximum absolute atomic E-state index is 13.8. The van der Waals surface area contributed by atoms with Crippen molar-refractivity contribution in [2.75, 3.05) is 32.0 Å². The molecule has 0 spiro atoms. The maximum Gasteiger partial charge on any atom is 0.416 e. The first kappa shape index (κ1) is 26.0. The fourth-order valence-electron chi connectivity index (χ4n) is 5.37. The van der Waals surface area contributed by atoms with Crippen molar-refractivity contribution >= 4 is 16.6 Å². The Bertz CT molecular complexity index is 1400. The van der Waals surface area contributed by atoms with E-state index in [1.54, 1.807) is 13.0 Å². The van der Waals surface area contributed by atoms with E-state index in [-0.39, 0.29) is 5.75 Å². The van der Waals surface area contributed by atoms with E-state index in [2.05, 4.69) is 34.1 Å². The fourth-order valence-corrected chi connectivity index (χ4v) is 5.37. The monoisotopic (exact) mass is 519 g/mol. The van der Waals surface area contributed by atoms with Gasteiger partial charge in [0.2, 0.25) is 0 Å². The lowest BCUT2D eigenvalue weighted by Gasteiger charge is -2.32. The third-order valence-corrected chi connectivity index (χ3v) is 7.39. The molecule has 1 aliphatic rings. The molecule has 0 saturated carbocycles. The van der Waals surface area contributed by atoms with Crippen molar-refractivity contribution in [1.82, 2.24) is 9.88 Å². The number of nitrogens with two attached hydrogens (primary N) is 1. The van der Waals surface area contributed by atoms with Gasteiger partial charge in [0.1, 0.15) is 12.4 Å². The summed E-state index contributed by atoms with van der Waals surface area (Å²) in [6, 6.07) is 21.7. The highest BCUT2D eigenvalue weighted by atomic mass is 19.4. The maximum atomic E-state index is 13.8. The van der Waals surface area contributed by atoms with E-state index in [4.69, 9.17) is 10.5 Å². The smallest absolute Gasteiger partial charge is 0.416 e. The Morgan fingerprint density at radius 2 is 1.68 bits per heavy atom. The van der Waals surface area contributed by atoms with Crippen LogP contribution >= 0.6 is 0 Å². The molecular weight excluding hydrogens is 487 g/mol. The Labute approximate surface area is 221 Å². The first-order valence-electron chi connectivity index (χ1n) is 13.0. The van der Waals surface area contributed by atoms with Crippen molar-refractivity contribution < 1.29 is 17.9 Å². The fraction of sp³-hybridized carbons (Fsp3) is 0.323. The molecule has 2 N–H and O–H groups in total. The Kier molecular flexibility index (Phi) is 7.56. The summed E-state index contributed by atoms with van der Waals surface area (Å²) in [7, 11) is 0. The zero-order chi connectivity index (χ0) is 26.7. The summed E-state index contributed by atoms with van der Waals surface area (Å²) in [5.74, 6) is 0.839. The average molecular weight is 520 g/mol. The summed E-state index contributed by atoms with van der Waals surface area (Å²) in [5, 5.41) is 0.712. The van der Waals surface area contributed by atoms with E-state index in [9.17, 15) is 13.2 Å². The molecule has 1 aliphatic heterocycles. The molecule has 7 heteroatoms. The highest BCUT2D eigenvalue weighted by Gasteiger charge is 2.32. The zero-order valence-corrected chi connectivity index (χ0v) is 21.5. The van der Waals surface area contributed by atoms with Crippen LogP contribution in [0.25, 0.3) is 22.0 Å². The third kappa shape index (κ3) is 5.94. The molecule has 198 valence electrons. The highest BCUT2D eigenvalue weighted by Crippen LogP contribution is 2.40. The predicted octanol–water partition coefficient (Wildman–Crippen LogP) is 7.14. The lowest BCUT2D eigenvalue weighted by molar-refractivity contribution is -0.137. The number of aromatic nitrogens is 1. The molecule has 1 fully saturated rings. The summed E-state index contributed by atoms with van der Waals surface area (Å²) in [4.78, 5) is 6.91. The number of nitrogens with zero attached hydrogens (tertiary/aromatic N) is 2. The first-order valence-corrected chi connectivity index (χ1v) is 13.0. The highest BCUT2D eigenvalue weighted by molar-refractivity contribution is 5.99. The molecule has 0 unspecified atom stereocenters. The van der Waals surface area contributed by atoms with Crippen molar-refractivity contribution in [3.63, 3.8) is 0 Å². The summed E-state index contributed by atoms with van der Waals surface area (Å²) >= 11 is 0. The first-order chi connectivity index (χ1) is 18.3. The van der Waals surface area contributed by atoms with Gasteiger partial charge in [-0.25, -0.2) is 0 Å². The van der Waals surface area contributed by atoms with Gasteiger partial charge in [-0.2, -0.15) is 13.2 Å². The van der Waals surface area contributed by atoms with Crippen molar-refractivity contribution in [1.29, 1.82) is 0 Å². The average Bonchev–Trinajstić information content (AvgIpc) is 2.90. The number of pyridine rings is 1. The van der Waals surface area contributed by atoms with Gasteiger partial charge < -0.3 is 10.5 Å². The number of para-hydroxylation sites is 1. The van der Waals surface area contributed by atoms with Crippen LogP contribution in [0.1, 0.15) is 29.7 Å². The van der Waals surface area contributed by atoms with Crippen LogP contribution in [-0.4, -0.2) is 36.1 Å². The number of fused-ring (bicyclic) bond motifs is 1.